The molecule has 1 aromatic carbocycles. The smallest absolute Gasteiger partial charge is 0.323 e. The number of carboxylic acid groups (broad SMARTS) is 1. The second kappa shape index (κ2) is 5.92. The monoisotopic (exact) mass is 251 g/mol. The summed E-state index contributed by atoms with van der Waals surface area (Å²) in [7, 11) is 0. The molecule has 88 valence electrons. The van der Waals surface area contributed by atoms with Gasteiger partial charge in [0, 0.05) is 10.7 Å². The van der Waals surface area contributed by atoms with Gasteiger partial charge >= 0.3 is 11.9 Å². The Morgan fingerprint density at radius 3 is 2.41 bits per heavy atom. The molecule has 0 radical (unpaired) electrons. The van der Waals surface area contributed by atoms with E-state index in [1.54, 1.807) is 24.3 Å². The van der Waals surface area contributed by atoms with E-state index in [1.807, 2.05) is 0 Å². The van der Waals surface area contributed by atoms with Crippen molar-refractivity contribution in [3.63, 3.8) is 0 Å². The Kier molecular flexibility index (Phi) is 4.56. The summed E-state index contributed by atoms with van der Waals surface area (Å²) >= 11 is 5.72. The molecule has 0 unspecified atom stereocenters. The van der Waals surface area contributed by atoms with Crippen molar-refractivity contribution in [1.29, 1.82) is 0 Å². The quantitative estimate of drug-likeness (QED) is 0.833. The summed E-state index contributed by atoms with van der Waals surface area (Å²) in [6.07, 6.45) is 0. The molecular weight excluding hydrogens is 242 g/mol. The van der Waals surface area contributed by atoms with Gasteiger partial charge in [-0.05, 0) is 37.1 Å². The van der Waals surface area contributed by atoms with Crippen molar-refractivity contribution in [1.82, 2.24) is 0 Å². The first kappa shape index (κ1) is 13.1. The number of anilines is 1. The Morgan fingerprint density at radius 1 is 1.35 bits per heavy atom. The number of amides is 1. The average Bonchev–Trinajstić information content (AvgIpc) is 2.27. The summed E-state index contributed by atoms with van der Waals surface area (Å²) in [6, 6.07) is 6.30. The summed E-state index contributed by atoms with van der Waals surface area (Å²) in [5, 5.41) is 9.26. The number of carbonyl (C=O) groups excluding carboxylic acids is 1. The molecule has 0 aliphatic carbocycles. The van der Waals surface area contributed by atoms with E-state index in [-0.39, 0.29) is 0 Å². The van der Waals surface area contributed by atoms with E-state index in [2.05, 4.69) is 11.8 Å². The van der Waals surface area contributed by atoms with Gasteiger partial charge in [-0.3, -0.25) is 14.5 Å². The van der Waals surface area contributed by atoms with Crippen LogP contribution in [0.4, 0.5) is 5.69 Å². The van der Waals surface area contributed by atoms with Crippen LogP contribution in [-0.4, -0.2) is 23.5 Å². The van der Waals surface area contributed by atoms with E-state index in [1.165, 1.54) is 6.92 Å². The van der Waals surface area contributed by atoms with Crippen molar-refractivity contribution < 1.29 is 14.7 Å². The van der Waals surface area contributed by atoms with Gasteiger partial charge in [0.2, 0.25) is 0 Å². The normalized spacial score (nSPS) is 9.06. The molecule has 0 saturated carbocycles. The molecular formula is C12H10ClNO3. The Bertz CT molecular complexity index is 485. The molecule has 1 rings (SSSR count). The zero-order valence-electron chi connectivity index (χ0n) is 9.11. The topological polar surface area (TPSA) is 57.6 Å². The van der Waals surface area contributed by atoms with Gasteiger partial charge in [0.15, 0.2) is 0 Å². The number of carbonyl (C=O) groups is 2. The molecule has 0 aliphatic heterocycles. The fraction of sp³-hybridized carbons (Fsp3) is 0.167. The lowest BCUT2D eigenvalue weighted by atomic mass is 10.2. The Labute approximate surface area is 104 Å². The van der Waals surface area contributed by atoms with Crippen LogP contribution in [0.2, 0.25) is 5.02 Å². The molecule has 0 fully saturated rings. The van der Waals surface area contributed by atoms with Crippen molar-refractivity contribution in [3.05, 3.63) is 29.3 Å². The van der Waals surface area contributed by atoms with Gasteiger partial charge in [-0.1, -0.05) is 17.5 Å². The zero-order valence-corrected chi connectivity index (χ0v) is 9.86. The van der Waals surface area contributed by atoms with Gasteiger partial charge in [0.05, 0.1) is 0 Å². The first-order chi connectivity index (χ1) is 8.04. The fourth-order valence-electron chi connectivity index (χ4n) is 1.21. The van der Waals surface area contributed by atoms with Crippen LogP contribution in [-0.2, 0) is 9.59 Å². The lowest BCUT2D eigenvalue weighted by Gasteiger charge is -2.17. The number of benzene rings is 1. The molecule has 1 amide bonds. The molecule has 4 nitrogen and oxygen atoms in total. The van der Waals surface area contributed by atoms with Crippen LogP contribution in [0.5, 0.6) is 0 Å². The lowest BCUT2D eigenvalue weighted by molar-refractivity contribution is -0.136. The number of aliphatic carboxylic acids is 1. The van der Waals surface area contributed by atoms with Crippen molar-refractivity contribution in [2.24, 2.45) is 0 Å². The molecule has 0 bridgehead atoms. The highest BCUT2D eigenvalue weighted by molar-refractivity contribution is 6.30. The SMILES string of the molecule is CC#CC(=O)N(CC(=O)O)c1ccc(Cl)cc1. The Hall–Kier alpha value is -1.99. The summed E-state index contributed by atoms with van der Waals surface area (Å²) in [5.41, 5.74) is 0.449. The molecule has 1 N–H and O–H groups in total. The van der Waals surface area contributed by atoms with E-state index in [9.17, 15) is 9.59 Å². The highest BCUT2D eigenvalue weighted by Gasteiger charge is 2.16. The van der Waals surface area contributed by atoms with Crippen molar-refractivity contribution in [2.75, 3.05) is 11.4 Å². The largest absolute Gasteiger partial charge is 0.480 e. The molecule has 1 aromatic rings. The van der Waals surface area contributed by atoms with Crippen LogP contribution in [0.25, 0.3) is 0 Å². The summed E-state index contributed by atoms with van der Waals surface area (Å²) in [4.78, 5) is 23.4. The van der Waals surface area contributed by atoms with Gasteiger partial charge in [-0.15, -0.1) is 0 Å². The minimum atomic E-state index is -1.11. The second-order valence-electron chi connectivity index (χ2n) is 3.14. The highest BCUT2D eigenvalue weighted by Crippen LogP contribution is 2.17. The third-order valence-corrected chi connectivity index (χ3v) is 2.16. The van der Waals surface area contributed by atoms with E-state index in [4.69, 9.17) is 16.7 Å². The molecule has 0 spiro atoms. The van der Waals surface area contributed by atoms with Crippen molar-refractivity contribution >= 4 is 29.2 Å². The molecule has 17 heavy (non-hydrogen) atoms. The standard InChI is InChI=1S/C12H10ClNO3/c1-2-3-11(15)14(8-12(16)17)10-6-4-9(13)5-7-10/h4-7H,8H2,1H3,(H,16,17). The maximum atomic E-state index is 11.6. The third-order valence-electron chi connectivity index (χ3n) is 1.91. The van der Waals surface area contributed by atoms with Gasteiger partial charge in [-0.2, -0.15) is 0 Å². The zero-order chi connectivity index (χ0) is 12.8. The van der Waals surface area contributed by atoms with Crippen molar-refractivity contribution in [2.45, 2.75) is 6.92 Å². The molecule has 0 heterocycles. The summed E-state index contributed by atoms with van der Waals surface area (Å²) < 4.78 is 0. The van der Waals surface area contributed by atoms with Gasteiger partial charge in [0.1, 0.15) is 6.54 Å². The van der Waals surface area contributed by atoms with Crippen LogP contribution in [0.3, 0.4) is 0 Å². The van der Waals surface area contributed by atoms with Crippen molar-refractivity contribution in [3.8, 4) is 11.8 Å². The van der Waals surface area contributed by atoms with Crippen LogP contribution in [0, 0.1) is 11.8 Å². The third kappa shape index (κ3) is 3.82. The minimum absolute atomic E-state index is 0.435. The molecule has 0 saturated heterocycles. The maximum Gasteiger partial charge on any atom is 0.323 e. The highest BCUT2D eigenvalue weighted by atomic mass is 35.5. The number of carboxylic acids is 1. The first-order valence-corrected chi connectivity index (χ1v) is 5.14. The predicted octanol–water partition coefficient (Wildman–Crippen LogP) is 1.78. The number of hydrogen-bond donors (Lipinski definition) is 1. The minimum Gasteiger partial charge on any atom is -0.480 e. The number of halogens is 1. The summed E-state index contributed by atoms with van der Waals surface area (Å²) in [6.45, 7) is 1.08. The summed E-state index contributed by atoms with van der Waals surface area (Å²) in [5.74, 6) is 3.08. The Morgan fingerprint density at radius 2 is 1.94 bits per heavy atom. The molecule has 0 aliphatic rings. The van der Waals surface area contributed by atoms with Crippen LogP contribution in [0.1, 0.15) is 6.92 Å². The fourth-order valence-corrected chi connectivity index (χ4v) is 1.34. The predicted molar refractivity (Wildman–Crippen MR) is 64.9 cm³/mol. The van der Waals surface area contributed by atoms with E-state index in [0.717, 1.165) is 4.90 Å². The van der Waals surface area contributed by atoms with E-state index < -0.39 is 18.4 Å². The number of hydrogen-bond acceptors (Lipinski definition) is 2. The maximum absolute atomic E-state index is 11.6. The Balaban J connectivity index is 3.03. The van der Waals surface area contributed by atoms with Crippen LogP contribution < -0.4 is 4.90 Å². The van der Waals surface area contributed by atoms with Crippen LogP contribution >= 0.6 is 11.6 Å². The average molecular weight is 252 g/mol. The van der Waals surface area contributed by atoms with E-state index >= 15 is 0 Å². The van der Waals surface area contributed by atoms with Gasteiger partial charge in [-0.25, -0.2) is 0 Å². The van der Waals surface area contributed by atoms with Gasteiger partial charge in [0.25, 0.3) is 0 Å². The lowest BCUT2D eigenvalue weighted by Crippen LogP contribution is -2.34. The number of nitrogens with zero attached hydrogens (tertiary/aromatic N) is 1. The first-order valence-electron chi connectivity index (χ1n) is 4.76. The second-order valence-corrected chi connectivity index (χ2v) is 3.57. The molecule has 0 atom stereocenters. The van der Waals surface area contributed by atoms with E-state index in [0.29, 0.717) is 10.7 Å². The molecule has 0 aromatic heterocycles. The van der Waals surface area contributed by atoms with Gasteiger partial charge < -0.3 is 5.11 Å². The number of rotatable bonds is 3. The van der Waals surface area contributed by atoms with Crippen LogP contribution in [0.15, 0.2) is 24.3 Å². The molecule has 5 heteroatoms.